The Balaban J connectivity index is 1.70. The maximum Gasteiger partial charge on any atom is 0.231 e. The lowest BCUT2D eigenvalue weighted by atomic mass is 10.0. The first kappa shape index (κ1) is 14.6. The van der Waals surface area contributed by atoms with Gasteiger partial charge in [0.15, 0.2) is 5.82 Å². The van der Waals surface area contributed by atoms with Gasteiger partial charge in [-0.1, -0.05) is 6.42 Å². The molecule has 1 atom stereocenters. The Bertz CT molecular complexity index is 680. The fourth-order valence-electron chi connectivity index (χ4n) is 2.82. The number of aromatic nitrogens is 5. The van der Waals surface area contributed by atoms with E-state index in [0.29, 0.717) is 12.4 Å². The summed E-state index contributed by atoms with van der Waals surface area (Å²) in [5.74, 6) is 0.392. The van der Waals surface area contributed by atoms with Crippen LogP contribution in [0.5, 0.6) is 0 Å². The SMILES string of the molecule is Cc1cc(C)c(CNC(=O)C2CCCCn3nnnc32)cn1. The second-order valence-corrected chi connectivity index (χ2v) is 5.78. The van der Waals surface area contributed by atoms with Crippen LogP contribution in [-0.2, 0) is 17.9 Å². The summed E-state index contributed by atoms with van der Waals surface area (Å²) < 4.78 is 1.75. The first-order valence-electron chi connectivity index (χ1n) is 7.61. The minimum absolute atomic E-state index is 0.0158. The molecule has 7 heteroatoms. The molecule has 7 nitrogen and oxygen atoms in total. The second-order valence-electron chi connectivity index (χ2n) is 5.78. The molecule has 1 amide bonds. The third kappa shape index (κ3) is 2.98. The topological polar surface area (TPSA) is 85.6 Å². The van der Waals surface area contributed by atoms with Crippen molar-refractivity contribution in [3.63, 3.8) is 0 Å². The van der Waals surface area contributed by atoms with E-state index in [-0.39, 0.29) is 11.8 Å². The zero-order chi connectivity index (χ0) is 15.5. The molecule has 0 aromatic carbocycles. The number of aryl methyl sites for hydroxylation is 3. The molecule has 2 aromatic rings. The number of rotatable bonds is 3. The number of nitrogens with zero attached hydrogens (tertiary/aromatic N) is 5. The normalized spacial score (nSPS) is 17.6. The van der Waals surface area contributed by atoms with E-state index in [1.807, 2.05) is 26.1 Å². The van der Waals surface area contributed by atoms with Crippen LogP contribution in [0.25, 0.3) is 0 Å². The van der Waals surface area contributed by atoms with Crippen molar-refractivity contribution >= 4 is 5.91 Å². The van der Waals surface area contributed by atoms with E-state index < -0.39 is 0 Å². The Kier molecular flexibility index (Phi) is 4.13. The highest BCUT2D eigenvalue weighted by Crippen LogP contribution is 2.24. The summed E-state index contributed by atoms with van der Waals surface area (Å²) in [5.41, 5.74) is 3.15. The van der Waals surface area contributed by atoms with Gasteiger partial charge in [0.2, 0.25) is 5.91 Å². The van der Waals surface area contributed by atoms with Gasteiger partial charge in [0.1, 0.15) is 0 Å². The molecule has 0 saturated heterocycles. The highest BCUT2D eigenvalue weighted by molar-refractivity contribution is 5.82. The van der Waals surface area contributed by atoms with Crippen LogP contribution < -0.4 is 5.32 Å². The summed E-state index contributed by atoms with van der Waals surface area (Å²) in [7, 11) is 0. The van der Waals surface area contributed by atoms with E-state index in [4.69, 9.17) is 0 Å². The van der Waals surface area contributed by atoms with E-state index in [1.165, 1.54) is 0 Å². The maximum atomic E-state index is 12.5. The van der Waals surface area contributed by atoms with Crippen LogP contribution in [0.2, 0.25) is 0 Å². The van der Waals surface area contributed by atoms with Crippen molar-refractivity contribution in [3.05, 3.63) is 34.9 Å². The Labute approximate surface area is 129 Å². The molecular weight excluding hydrogens is 280 g/mol. The first-order valence-corrected chi connectivity index (χ1v) is 7.61. The quantitative estimate of drug-likeness (QED) is 0.922. The van der Waals surface area contributed by atoms with Crippen LogP contribution in [0.15, 0.2) is 12.3 Å². The van der Waals surface area contributed by atoms with Crippen LogP contribution in [0.4, 0.5) is 0 Å². The summed E-state index contributed by atoms with van der Waals surface area (Å²) in [5, 5.41) is 14.7. The molecule has 0 spiro atoms. The largest absolute Gasteiger partial charge is 0.351 e. The summed E-state index contributed by atoms with van der Waals surface area (Å²) in [4.78, 5) is 16.8. The van der Waals surface area contributed by atoms with Crippen molar-refractivity contribution in [3.8, 4) is 0 Å². The van der Waals surface area contributed by atoms with Crippen molar-refractivity contribution in [1.29, 1.82) is 0 Å². The molecule has 0 bridgehead atoms. The van der Waals surface area contributed by atoms with Crippen molar-refractivity contribution in [2.24, 2.45) is 0 Å². The molecule has 0 saturated carbocycles. The molecule has 3 heterocycles. The van der Waals surface area contributed by atoms with E-state index in [1.54, 1.807) is 4.68 Å². The zero-order valence-corrected chi connectivity index (χ0v) is 12.9. The van der Waals surface area contributed by atoms with Crippen LogP contribution in [0.1, 0.15) is 47.8 Å². The molecule has 2 aromatic heterocycles. The Morgan fingerprint density at radius 1 is 1.41 bits per heavy atom. The predicted molar refractivity (Wildman–Crippen MR) is 80.0 cm³/mol. The predicted octanol–water partition coefficient (Wildman–Crippen LogP) is 1.27. The molecule has 1 N–H and O–H groups in total. The summed E-state index contributed by atoms with van der Waals surface area (Å²) in [6, 6.07) is 2.02. The third-order valence-corrected chi connectivity index (χ3v) is 4.11. The number of pyridine rings is 1. The average molecular weight is 300 g/mol. The molecule has 0 fully saturated rings. The Hall–Kier alpha value is -2.31. The number of nitrogens with one attached hydrogen (secondary N) is 1. The minimum atomic E-state index is -0.267. The standard InChI is InChI=1S/C15H20N6O/c1-10-7-11(2)16-8-12(10)9-17-15(22)13-5-3-4-6-21-14(13)18-19-20-21/h7-8,13H,3-6,9H2,1-2H3,(H,17,22). The van der Waals surface area contributed by atoms with Crippen LogP contribution in [-0.4, -0.2) is 31.1 Å². The smallest absolute Gasteiger partial charge is 0.231 e. The zero-order valence-electron chi connectivity index (χ0n) is 12.9. The highest BCUT2D eigenvalue weighted by Gasteiger charge is 2.28. The molecule has 3 rings (SSSR count). The molecule has 116 valence electrons. The monoisotopic (exact) mass is 300 g/mol. The van der Waals surface area contributed by atoms with Crippen LogP contribution >= 0.6 is 0 Å². The third-order valence-electron chi connectivity index (χ3n) is 4.11. The lowest BCUT2D eigenvalue weighted by Crippen LogP contribution is -2.30. The van der Waals surface area contributed by atoms with Gasteiger partial charge in [-0.25, -0.2) is 4.68 Å². The van der Waals surface area contributed by atoms with Gasteiger partial charge in [-0.05, 0) is 54.3 Å². The van der Waals surface area contributed by atoms with Gasteiger partial charge < -0.3 is 5.32 Å². The van der Waals surface area contributed by atoms with E-state index in [2.05, 4.69) is 25.8 Å². The van der Waals surface area contributed by atoms with E-state index in [9.17, 15) is 4.79 Å². The molecule has 1 unspecified atom stereocenters. The van der Waals surface area contributed by atoms with Gasteiger partial charge >= 0.3 is 0 Å². The van der Waals surface area contributed by atoms with Crippen molar-refractivity contribution in [1.82, 2.24) is 30.5 Å². The number of tetrazole rings is 1. The molecule has 1 aliphatic rings. The molecule has 0 aliphatic carbocycles. The fourth-order valence-corrected chi connectivity index (χ4v) is 2.82. The van der Waals surface area contributed by atoms with Gasteiger partial charge in [0, 0.05) is 25.0 Å². The molecule has 1 aliphatic heterocycles. The average Bonchev–Trinajstić information content (AvgIpc) is 2.85. The van der Waals surface area contributed by atoms with Crippen LogP contribution in [0.3, 0.4) is 0 Å². The maximum absolute atomic E-state index is 12.5. The van der Waals surface area contributed by atoms with E-state index >= 15 is 0 Å². The van der Waals surface area contributed by atoms with E-state index in [0.717, 1.165) is 42.6 Å². The van der Waals surface area contributed by atoms with Gasteiger partial charge in [-0.15, -0.1) is 5.10 Å². The fraction of sp³-hybridized carbons (Fsp3) is 0.533. The van der Waals surface area contributed by atoms with Gasteiger partial charge in [-0.2, -0.15) is 0 Å². The van der Waals surface area contributed by atoms with Crippen molar-refractivity contribution in [2.45, 2.75) is 52.1 Å². The van der Waals surface area contributed by atoms with Gasteiger partial charge in [-0.3, -0.25) is 9.78 Å². The summed E-state index contributed by atoms with van der Waals surface area (Å²) in [6.45, 7) is 5.26. The number of carbonyl (C=O) groups excluding carboxylic acids is 1. The molecular formula is C15H20N6O. The molecule has 22 heavy (non-hydrogen) atoms. The number of carbonyl (C=O) groups is 1. The lowest BCUT2D eigenvalue weighted by Gasteiger charge is -2.14. The number of amides is 1. The van der Waals surface area contributed by atoms with Gasteiger partial charge in [0.05, 0.1) is 5.92 Å². The Morgan fingerprint density at radius 2 is 2.27 bits per heavy atom. The van der Waals surface area contributed by atoms with Gasteiger partial charge in [0.25, 0.3) is 0 Å². The number of fused-ring (bicyclic) bond motifs is 1. The second kappa shape index (κ2) is 6.21. The van der Waals surface area contributed by atoms with Crippen LogP contribution in [0, 0.1) is 13.8 Å². The highest BCUT2D eigenvalue weighted by atomic mass is 16.1. The molecule has 0 radical (unpaired) electrons. The minimum Gasteiger partial charge on any atom is -0.351 e. The Morgan fingerprint density at radius 3 is 3.09 bits per heavy atom. The van der Waals surface area contributed by atoms with Crippen molar-refractivity contribution in [2.75, 3.05) is 0 Å². The van der Waals surface area contributed by atoms with Crippen molar-refractivity contribution < 1.29 is 4.79 Å². The lowest BCUT2D eigenvalue weighted by molar-refractivity contribution is -0.123. The first-order chi connectivity index (χ1) is 10.6. The summed E-state index contributed by atoms with van der Waals surface area (Å²) >= 11 is 0. The number of hydrogen-bond acceptors (Lipinski definition) is 5. The number of hydrogen-bond donors (Lipinski definition) is 1. The summed E-state index contributed by atoms with van der Waals surface area (Å²) in [6.07, 6.45) is 4.61.